The number of hydrogen-bond donors (Lipinski definition) is 0. The monoisotopic (exact) mass is 262 g/mol. The molecule has 0 amide bonds. The minimum Gasteiger partial charge on any atom is -0.497 e. The first kappa shape index (κ1) is 13.9. The number of rotatable bonds is 4. The minimum absolute atomic E-state index is 0.206. The molecule has 0 spiro atoms. The van der Waals surface area contributed by atoms with Crippen LogP contribution in [0.25, 0.3) is 0 Å². The van der Waals surface area contributed by atoms with Crippen molar-refractivity contribution in [2.45, 2.75) is 44.4 Å². The molecule has 19 heavy (non-hydrogen) atoms. The molecule has 0 bridgehead atoms. The highest BCUT2D eigenvalue weighted by Crippen LogP contribution is 2.34. The van der Waals surface area contributed by atoms with Crippen LogP contribution >= 0.6 is 0 Å². The Kier molecular flexibility index (Phi) is 4.83. The number of carbonyl (C=O) groups excluding carboxylic acids is 1. The first-order valence-corrected chi connectivity index (χ1v) is 6.97. The normalized spacial score (nSPS) is 16.1. The van der Waals surface area contributed by atoms with Crippen molar-refractivity contribution in [1.82, 2.24) is 0 Å². The summed E-state index contributed by atoms with van der Waals surface area (Å²) in [4.78, 5) is 11.4. The van der Waals surface area contributed by atoms with Crippen molar-refractivity contribution in [1.29, 1.82) is 0 Å². The van der Waals surface area contributed by atoms with Crippen molar-refractivity contribution in [2.75, 3.05) is 14.2 Å². The van der Waals surface area contributed by atoms with Crippen LogP contribution in [-0.4, -0.2) is 20.2 Å². The number of hydrogen-bond acceptors (Lipinski definition) is 3. The Morgan fingerprint density at radius 3 is 2.53 bits per heavy atom. The van der Waals surface area contributed by atoms with Crippen LogP contribution in [0.5, 0.6) is 5.75 Å². The molecular weight excluding hydrogens is 240 g/mol. The molecule has 104 valence electrons. The van der Waals surface area contributed by atoms with Crippen LogP contribution in [0.2, 0.25) is 0 Å². The highest BCUT2D eigenvalue weighted by molar-refractivity contribution is 5.72. The molecule has 3 nitrogen and oxygen atoms in total. The molecule has 1 aromatic carbocycles. The zero-order valence-electron chi connectivity index (χ0n) is 11.8. The maximum atomic E-state index is 11.4. The second kappa shape index (κ2) is 6.60. The predicted octanol–water partition coefficient (Wildman–Crippen LogP) is 3.46. The van der Waals surface area contributed by atoms with Crippen LogP contribution < -0.4 is 4.74 Å². The van der Waals surface area contributed by atoms with Gasteiger partial charge in [-0.15, -0.1) is 0 Å². The third-order valence-corrected chi connectivity index (χ3v) is 3.88. The molecule has 2 rings (SSSR count). The summed E-state index contributed by atoms with van der Waals surface area (Å²) in [6, 6.07) is 6.16. The summed E-state index contributed by atoms with van der Waals surface area (Å²) in [7, 11) is 3.09. The van der Waals surface area contributed by atoms with Crippen LogP contribution in [0.1, 0.15) is 49.1 Å². The fraction of sp³-hybridized carbons (Fsp3) is 0.562. The average molecular weight is 262 g/mol. The largest absolute Gasteiger partial charge is 0.497 e. The summed E-state index contributed by atoms with van der Waals surface area (Å²) in [5, 5.41) is 0. The second-order valence-electron chi connectivity index (χ2n) is 5.20. The van der Waals surface area contributed by atoms with Gasteiger partial charge >= 0.3 is 5.97 Å². The summed E-state index contributed by atoms with van der Waals surface area (Å²) in [5.74, 6) is 1.24. The number of esters is 1. The number of ether oxygens (including phenoxy) is 2. The Bertz CT molecular complexity index is 434. The van der Waals surface area contributed by atoms with Crippen LogP contribution in [0.15, 0.2) is 18.2 Å². The van der Waals surface area contributed by atoms with E-state index in [1.807, 2.05) is 6.07 Å². The summed E-state index contributed by atoms with van der Waals surface area (Å²) in [6.07, 6.45) is 6.74. The molecule has 0 aromatic heterocycles. The van der Waals surface area contributed by atoms with Crippen LogP contribution in [0.3, 0.4) is 0 Å². The fourth-order valence-electron chi connectivity index (χ4n) is 2.82. The minimum atomic E-state index is -0.206. The molecular formula is C16H22O3. The van der Waals surface area contributed by atoms with Crippen molar-refractivity contribution in [2.24, 2.45) is 0 Å². The number of methoxy groups -OCH3 is 2. The van der Waals surface area contributed by atoms with Gasteiger partial charge in [-0.25, -0.2) is 0 Å². The Labute approximate surface area is 114 Å². The fourth-order valence-corrected chi connectivity index (χ4v) is 2.82. The second-order valence-corrected chi connectivity index (χ2v) is 5.20. The maximum Gasteiger partial charge on any atom is 0.309 e. The molecule has 0 unspecified atom stereocenters. The van der Waals surface area contributed by atoms with Gasteiger partial charge in [-0.2, -0.15) is 0 Å². The molecule has 0 saturated heterocycles. The molecule has 1 aliphatic carbocycles. The average Bonchev–Trinajstić information content (AvgIpc) is 2.47. The van der Waals surface area contributed by atoms with E-state index in [2.05, 4.69) is 12.1 Å². The van der Waals surface area contributed by atoms with E-state index in [0.29, 0.717) is 12.3 Å². The van der Waals surface area contributed by atoms with Crippen molar-refractivity contribution >= 4 is 5.97 Å². The molecule has 1 aliphatic rings. The molecule has 0 radical (unpaired) electrons. The smallest absolute Gasteiger partial charge is 0.309 e. The van der Waals surface area contributed by atoms with E-state index in [9.17, 15) is 4.79 Å². The SMILES string of the molecule is COC(=O)Cc1cc(OC)cc(C2CCCCC2)c1. The van der Waals surface area contributed by atoms with Crippen molar-refractivity contribution in [3.8, 4) is 5.75 Å². The van der Waals surface area contributed by atoms with Crippen LogP contribution in [-0.2, 0) is 16.0 Å². The van der Waals surface area contributed by atoms with Gasteiger partial charge in [-0.1, -0.05) is 25.3 Å². The van der Waals surface area contributed by atoms with E-state index in [1.165, 1.54) is 44.8 Å². The summed E-state index contributed by atoms with van der Waals surface area (Å²) < 4.78 is 10.1. The van der Waals surface area contributed by atoms with Gasteiger partial charge in [0, 0.05) is 0 Å². The molecule has 0 heterocycles. The van der Waals surface area contributed by atoms with Gasteiger partial charge in [0.05, 0.1) is 20.6 Å². The van der Waals surface area contributed by atoms with Crippen LogP contribution in [0.4, 0.5) is 0 Å². The lowest BCUT2D eigenvalue weighted by atomic mass is 9.83. The molecule has 1 fully saturated rings. The third kappa shape index (κ3) is 3.72. The Morgan fingerprint density at radius 1 is 1.16 bits per heavy atom. The predicted molar refractivity (Wildman–Crippen MR) is 74.5 cm³/mol. The van der Waals surface area contributed by atoms with Crippen LogP contribution in [0, 0.1) is 0 Å². The van der Waals surface area contributed by atoms with E-state index in [0.717, 1.165) is 11.3 Å². The lowest BCUT2D eigenvalue weighted by molar-refractivity contribution is -0.139. The molecule has 0 aliphatic heterocycles. The highest BCUT2D eigenvalue weighted by Gasteiger charge is 2.17. The van der Waals surface area contributed by atoms with Gasteiger partial charge in [-0.3, -0.25) is 4.79 Å². The van der Waals surface area contributed by atoms with E-state index in [1.54, 1.807) is 7.11 Å². The van der Waals surface area contributed by atoms with E-state index >= 15 is 0 Å². The van der Waals surface area contributed by atoms with E-state index in [4.69, 9.17) is 9.47 Å². The summed E-state index contributed by atoms with van der Waals surface area (Å²) in [5.41, 5.74) is 2.28. The first-order chi connectivity index (χ1) is 9.22. The zero-order valence-corrected chi connectivity index (χ0v) is 11.8. The molecule has 1 aromatic rings. The van der Waals surface area contributed by atoms with Gasteiger partial charge in [0.1, 0.15) is 5.75 Å². The molecule has 0 atom stereocenters. The lowest BCUT2D eigenvalue weighted by Gasteiger charge is -2.23. The van der Waals surface area contributed by atoms with Gasteiger partial charge in [-0.05, 0) is 42.0 Å². The number of carbonyl (C=O) groups is 1. The lowest BCUT2D eigenvalue weighted by Crippen LogP contribution is -2.08. The van der Waals surface area contributed by atoms with Gasteiger partial charge in [0.25, 0.3) is 0 Å². The number of benzene rings is 1. The highest BCUT2D eigenvalue weighted by atomic mass is 16.5. The van der Waals surface area contributed by atoms with Crippen molar-refractivity contribution < 1.29 is 14.3 Å². The Balaban J connectivity index is 2.21. The zero-order chi connectivity index (χ0) is 13.7. The van der Waals surface area contributed by atoms with Gasteiger partial charge in [0.2, 0.25) is 0 Å². The van der Waals surface area contributed by atoms with Crippen molar-refractivity contribution in [3.05, 3.63) is 29.3 Å². The topological polar surface area (TPSA) is 35.5 Å². The first-order valence-electron chi connectivity index (χ1n) is 6.97. The Hall–Kier alpha value is -1.51. The molecule has 1 saturated carbocycles. The van der Waals surface area contributed by atoms with Gasteiger partial charge < -0.3 is 9.47 Å². The van der Waals surface area contributed by atoms with E-state index < -0.39 is 0 Å². The van der Waals surface area contributed by atoms with Gasteiger partial charge in [0.15, 0.2) is 0 Å². The standard InChI is InChI=1S/C16H22O3/c1-18-15-9-12(10-16(17)19-2)8-14(11-15)13-6-4-3-5-7-13/h8-9,11,13H,3-7,10H2,1-2H3. The van der Waals surface area contributed by atoms with Crippen molar-refractivity contribution in [3.63, 3.8) is 0 Å². The summed E-state index contributed by atoms with van der Waals surface area (Å²) in [6.45, 7) is 0. The molecule has 3 heteroatoms. The maximum absolute atomic E-state index is 11.4. The molecule has 0 N–H and O–H groups in total. The quantitative estimate of drug-likeness (QED) is 0.779. The Morgan fingerprint density at radius 2 is 1.89 bits per heavy atom. The van der Waals surface area contributed by atoms with E-state index in [-0.39, 0.29) is 5.97 Å². The summed E-state index contributed by atoms with van der Waals surface area (Å²) >= 11 is 0. The third-order valence-electron chi connectivity index (χ3n) is 3.88.